The van der Waals surface area contributed by atoms with Crippen LogP contribution in [0.3, 0.4) is 0 Å². The van der Waals surface area contributed by atoms with Crippen molar-refractivity contribution >= 4 is 17.3 Å². The van der Waals surface area contributed by atoms with Crippen LogP contribution in [0.15, 0.2) is 18.2 Å². The van der Waals surface area contributed by atoms with Gasteiger partial charge in [0.1, 0.15) is 5.60 Å². The van der Waals surface area contributed by atoms with E-state index in [1.54, 1.807) is 0 Å². The maximum Gasteiger partial charge on any atom is 0.256 e. The third-order valence-corrected chi connectivity index (χ3v) is 3.79. The molecule has 0 aromatic heterocycles. The minimum absolute atomic E-state index is 0.276. The maximum atomic E-state index is 12.1. The highest BCUT2D eigenvalue weighted by Gasteiger charge is 2.38. The Morgan fingerprint density at radius 1 is 1.32 bits per heavy atom. The molecule has 0 atom stereocenters. The van der Waals surface area contributed by atoms with Crippen LogP contribution in [0.1, 0.15) is 31.2 Å². The molecule has 2 N–H and O–H groups in total. The van der Waals surface area contributed by atoms with Crippen molar-refractivity contribution in [3.05, 3.63) is 23.8 Å². The van der Waals surface area contributed by atoms with E-state index in [4.69, 9.17) is 0 Å². The second-order valence-corrected chi connectivity index (χ2v) is 5.59. The van der Waals surface area contributed by atoms with Crippen molar-refractivity contribution in [2.24, 2.45) is 0 Å². The topological polar surface area (TPSA) is 52.6 Å². The molecule has 2 rings (SSSR count). The summed E-state index contributed by atoms with van der Waals surface area (Å²) in [6.45, 7) is 2.01. The van der Waals surface area contributed by atoms with E-state index in [0.29, 0.717) is 12.8 Å². The minimum atomic E-state index is -1.17. The van der Waals surface area contributed by atoms with Crippen molar-refractivity contribution in [1.82, 2.24) is 0 Å². The molecular weight excluding hydrogens is 240 g/mol. The van der Waals surface area contributed by atoms with E-state index >= 15 is 0 Å². The first-order valence-corrected chi connectivity index (χ1v) is 6.74. The number of hydrogen-bond donors (Lipinski definition) is 2. The summed E-state index contributed by atoms with van der Waals surface area (Å²) in [5.41, 5.74) is 1.79. The molecule has 0 unspecified atom stereocenters. The van der Waals surface area contributed by atoms with Crippen LogP contribution in [-0.2, 0) is 4.79 Å². The quantitative estimate of drug-likeness (QED) is 0.879. The molecule has 1 aromatic rings. The first-order chi connectivity index (χ1) is 8.92. The van der Waals surface area contributed by atoms with Crippen LogP contribution in [-0.4, -0.2) is 30.7 Å². The predicted octanol–water partition coefficient (Wildman–Crippen LogP) is 2.30. The zero-order valence-electron chi connectivity index (χ0n) is 11.9. The lowest BCUT2D eigenvalue weighted by molar-refractivity contribution is -0.133. The van der Waals surface area contributed by atoms with Gasteiger partial charge in [-0.25, -0.2) is 0 Å². The Kier molecular flexibility index (Phi) is 3.80. The van der Waals surface area contributed by atoms with Gasteiger partial charge in [0, 0.05) is 25.5 Å². The molecule has 19 heavy (non-hydrogen) atoms. The molecule has 1 saturated carbocycles. The summed E-state index contributed by atoms with van der Waals surface area (Å²) in [6.07, 6.45) is 2.96. The summed E-state index contributed by atoms with van der Waals surface area (Å²) < 4.78 is 0. The van der Waals surface area contributed by atoms with Gasteiger partial charge < -0.3 is 15.3 Å². The number of carbonyl (C=O) groups excluding carboxylic acids is 1. The lowest BCUT2D eigenvalue weighted by Gasteiger charge is -2.22. The Morgan fingerprint density at radius 2 is 1.95 bits per heavy atom. The van der Waals surface area contributed by atoms with E-state index in [0.717, 1.165) is 29.8 Å². The van der Waals surface area contributed by atoms with Crippen molar-refractivity contribution in [3.63, 3.8) is 0 Å². The Bertz CT molecular complexity index is 477. The van der Waals surface area contributed by atoms with Crippen LogP contribution in [0.25, 0.3) is 0 Å². The van der Waals surface area contributed by atoms with Gasteiger partial charge in [-0.3, -0.25) is 4.79 Å². The van der Waals surface area contributed by atoms with Crippen molar-refractivity contribution in [1.29, 1.82) is 0 Å². The maximum absolute atomic E-state index is 12.1. The number of amides is 1. The average Bonchev–Trinajstić information content (AvgIpc) is 2.77. The Labute approximate surface area is 114 Å². The van der Waals surface area contributed by atoms with Crippen LogP contribution in [0.4, 0.5) is 11.4 Å². The van der Waals surface area contributed by atoms with Gasteiger partial charge in [0.2, 0.25) is 0 Å². The second-order valence-electron chi connectivity index (χ2n) is 5.59. The van der Waals surface area contributed by atoms with Crippen molar-refractivity contribution < 1.29 is 9.90 Å². The van der Waals surface area contributed by atoms with E-state index in [1.807, 2.05) is 44.1 Å². The van der Waals surface area contributed by atoms with E-state index < -0.39 is 5.60 Å². The highest BCUT2D eigenvalue weighted by Crippen LogP contribution is 2.31. The summed E-state index contributed by atoms with van der Waals surface area (Å²) in [5, 5.41) is 13.0. The van der Waals surface area contributed by atoms with Gasteiger partial charge in [-0.15, -0.1) is 0 Å². The predicted molar refractivity (Wildman–Crippen MR) is 77.6 cm³/mol. The molecule has 4 nitrogen and oxygen atoms in total. The molecule has 1 amide bonds. The molecule has 0 bridgehead atoms. The lowest BCUT2D eigenvalue weighted by atomic mass is 10.0. The summed E-state index contributed by atoms with van der Waals surface area (Å²) in [5.74, 6) is -0.276. The summed E-state index contributed by atoms with van der Waals surface area (Å²) in [4.78, 5) is 14.1. The minimum Gasteiger partial charge on any atom is -0.380 e. The van der Waals surface area contributed by atoms with Crippen molar-refractivity contribution in [2.45, 2.75) is 38.2 Å². The number of anilines is 2. The number of carbonyl (C=O) groups is 1. The standard InChI is InChI=1S/C15H22N2O2/c1-11-10-12(6-7-13(11)17(2)3)16-14(18)15(19)8-4-5-9-15/h6-7,10,19H,4-5,8-9H2,1-3H3,(H,16,18). The van der Waals surface area contributed by atoms with Gasteiger partial charge >= 0.3 is 0 Å². The normalized spacial score (nSPS) is 17.3. The molecule has 1 aliphatic carbocycles. The fraction of sp³-hybridized carbons (Fsp3) is 0.533. The van der Waals surface area contributed by atoms with Crippen LogP contribution in [0.2, 0.25) is 0 Å². The van der Waals surface area contributed by atoms with E-state index in [9.17, 15) is 9.90 Å². The molecule has 0 spiro atoms. The third-order valence-electron chi connectivity index (χ3n) is 3.79. The number of hydrogen-bond acceptors (Lipinski definition) is 3. The van der Waals surface area contributed by atoms with Crippen molar-refractivity contribution in [2.75, 3.05) is 24.3 Å². The van der Waals surface area contributed by atoms with E-state index in [-0.39, 0.29) is 5.91 Å². The van der Waals surface area contributed by atoms with Gasteiger partial charge in [0.25, 0.3) is 5.91 Å². The lowest BCUT2D eigenvalue weighted by Crippen LogP contribution is -2.40. The highest BCUT2D eigenvalue weighted by atomic mass is 16.3. The number of aliphatic hydroxyl groups is 1. The van der Waals surface area contributed by atoms with Crippen LogP contribution >= 0.6 is 0 Å². The molecular formula is C15H22N2O2. The van der Waals surface area contributed by atoms with Gasteiger partial charge in [0.15, 0.2) is 0 Å². The van der Waals surface area contributed by atoms with Crippen LogP contribution in [0.5, 0.6) is 0 Å². The fourth-order valence-electron chi connectivity index (χ4n) is 2.67. The number of nitrogens with one attached hydrogen (secondary N) is 1. The largest absolute Gasteiger partial charge is 0.380 e. The Hall–Kier alpha value is -1.55. The van der Waals surface area contributed by atoms with E-state index in [1.165, 1.54) is 0 Å². The van der Waals surface area contributed by atoms with Gasteiger partial charge in [-0.2, -0.15) is 0 Å². The monoisotopic (exact) mass is 262 g/mol. The zero-order valence-corrected chi connectivity index (χ0v) is 11.9. The molecule has 1 aromatic carbocycles. The second kappa shape index (κ2) is 5.21. The van der Waals surface area contributed by atoms with Crippen LogP contribution in [0, 0.1) is 6.92 Å². The molecule has 4 heteroatoms. The smallest absolute Gasteiger partial charge is 0.256 e. The summed E-state index contributed by atoms with van der Waals surface area (Å²) in [6, 6.07) is 5.79. The Balaban J connectivity index is 2.11. The van der Waals surface area contributed by atoms with Gasteiger partial charge in [-0.05, 0) is 56.4 Å². The molecule has 104 valence electrons. The first kappa shape index (κ1) is 13.9. The van der Waals surface area contributed by atoms with Gasteiger partial charge in [0.05, 0.1) is 0 Å². The number of benzene rings is 1. The van der Waals surface area contributed by atoms with Crippen molar-refractivity contribution in [3.8, 4) is 0 Å². The summed E-state index contributed by atoms with van der Waals surface area (Å²) >= 11 is 0. The summed E-state index contributed by atoms with van der Waals surface area (Å²) in [7, 11) is 3.98. The van der Waals surface area contributed by atoms with Crippen LogP contribution < -0.4 is 10.2 Å². The first-order valence-electron chi connectivity index (χ1n) is 6.74. The molecule has 0 heterocycles. The number of aryl methyl sites for hydroxylation is 1. The molecule has 1 aliphatic rings. The molecule has 0 aliphatic heterocycles. The number of nitrogens with zero attached hydrogens (tertiary/aromatic N) is 1. The average molecular weight is 262 g/mol. The highest BCUT2D eigenvalue weighted by molar-refractivity contribution is 5.97. The zero-order chi connectivity index (χ0) is 14.0. The third kappa shape index (κ3) is 2.89. The van der Waals surface area contributed by atoms with E-state index in [2.05, 4.69) is 5.32 Å². The SMILES string of the molecule is Cc1cc(NC(=O)C2(O)CCCC2)ccc1N(C)C. The molecule has 0 radical (unpaired) electrons. The molecule has 1 fully saturated rings. The molecule has 0 saturated heterocycles. The van der Waals surface area contributed by atoms with Gasteiger partial charge in [-0.1, -0.05) is 0 Å². The Morgan fingerprint density at radius 3 is 2.47 bits per heavy atom. The number of rotatable bonds is 3. The fourth-order valence-corrected chi connectivity index (χ4v) is 2.67.